The molecule has 5 nitrogen and oxygen atoms in total. The van der Waals surface area contributed by atoms with Crippen molar-refractivity contribution in [1.82, 2.24) is 10.3 Å². The Morgan fingerprint density at radius 3 is 3.18 bits per heavy atom. The average molecular weight is 235 g/mol. The second-order valence-corrected chi connectivity index (χ2v) is 4.29. The fourth-order valence-corrected chi connectivity index (χ4v) is 2.06. The van der Waals surface area contributed by atoms with Gasteiger partial charge in [0.2, 0.25) is 0 Å². The number of carbonyl (C=O) groups excluding carboxylic acids is 1. The zero-order valence-electron chi connectivity index (χ0n) is 9.85. The number of nitrogen functional groups attached to an aromatic ring is 1. The summed E-state index contributed by atoms with van der Waals surface area (Å²) < 4.78 is 5.22. The number of ketones is 1. The maximum absolute atomic E-state index is 12.0. The Balaban J connectivity index is 1.93. The molecule has 0 aromatic carbocycles. The van der Waals surface area contributed by atoms with E-state index in [-0.39, 0.29) is 17.9 Å². The van der Waals surface area contributed by atoms with Gasteiger partial charge in [0.05, 0.1) is 12.1 Å². The van der Waals surface area contributed by atoms with Crippen molar-refractivity contribution in [3.8, 4) is 0 Å². The summed E-state index contributed by atoms with van der Waals surface area (Å²) in [5.74, 6) is 0.625. The van der Waals surface area contributed by atoms with Crippen molar-refractivity contribution >= 4 is 11.6 Å². The van der Waals surface area contributed by atoms with Crippen LogP contribution in [0.5, 0.6) is 0 Å². The molecule has 1 fully saturated rings. The van der Waals surface area contributed by atoms with Crippen LogP contribution in [0.15, 0.2) is 18.3 Å². The van der Waals surface area contributed by atoms with Gasteiger partial charge >= 0.3 is 0 Å². The van der Waals surface area contributed by atoms with Crippen LogP contribution >= 0.6 is 0 Å². The molecule has 1 aliphatic heterocycles. The topological polar surface area (TPSA) is 77.2 Å². The molecule has 0 radical (unpaired) electrons. The van der Waals surface area contributed by atoms with Gasteiger partial charge in [-0.25, -0.2) is 4.98 Å². The minimum atomic E-state index is -0.102. The molecule has 0 aliphatic carbocycles. The van der Waals surface area contributed by atoms with Crippen LogP contribution < -0.4 is 11.1 Å². The van der Waals surface area contributed by atoms with Crippen molar-refractivity contribution in [2.24, 2.45) is 0 Å². The summed E-state index contributed by atoms with van der Waals surface area (Å²) in [5, 5.41) is 3.17. The highest BCUT2D eigenvalue weighted by molar-refractivity contribution is 5.86. The predicted molar refractivity (Wildman–Crippen MR) is 64.6 cm³/mol. The SMILES string of the molecule is COC1CNC(C(=O)Cc2ccnc(N)c2)C1. The number of anilines is 1. The first kappa shape index (κ1) is 12.0. The largest absolute Gasteiger partial charge is 0.384 e. The lowest BCUT2D eigenvalue weighted by Gasteiger charge is -2.09. The van der Waals surface area contributed by atoms with E-state index in [0.717, 1.165) is 18.5 Å². The molecule has 2 rings (SSSR count). The van der Waals surface area contributed by atoms with Gasteiger partial charge in [0.1, 0.15) is 5.82 Å². The molecule has 0 amide bonds. The molecule has 1 aromatic rings. The smallest absolute Gasteiger partial charge is 0.154 e. The van der Waals surface area contributed by atoms with Gasteiger partial charge in [0, 0.05) is 26.3 Å². The second kappa shape index (κ2) is 5.25. The summed E-state index contributed by atoms with van der Waals surface area (Å²) in [6.07, 6.45) is 2.90. The van der Waals surface area contributed by atoms with E-state index in [1.54, 1.807) is 19.4 Å². The molecule has 17 heavy (non-hydrogen) atoms. The Labute approximate surface area is 100 Å². The number of hydrogen-bond acceptors (Lipinski definition) is 5. The first-order chi connectivity index (χ1) is 8.19. The third kappa shape index (κ3) is 3.01. The monoisotopic (exact) mass is 235 g/mol. The van der Waals surface area contributed by atoms with Crippen molar-refractivity contribution in [2.75, 3.05) is 19.4 Å². The average Bonchev–Trinajstić information content (AvgIpc) is 2.77. The highest BCUT2D eigenvalue weighted by Gasteiger charge is 2.28. The molecule has 1 aliphatic rings. The molecule has 0 saturated carbocycles. The lowest BCUT2D eigenvalue weighted by molar-refractivity contribution is -0.120. The molecule has 0 bridgehead atoms. The number of Topliss-reactive ketones (excluding diaryl/α,β-unsaturated/α-hetero) is 1. The Morgan fingerprint density at radius 1 is 1.71 bits per heavy atom. The summed E-state index contributed by atoms with van der Waals surface area (Å²) >= 11 is 0. The molecular weight excluding hydrogens is 218 g/mol. The molecule has 2 unspecified atom stereocenters. The highest BCUT2D eigenvalue weighted by atomic mass is 16.5. The lowest BCUT2D eigenvalue weighted by atomic mass is 10.0. The van der Waals surface area contributed by atoms with Crippen LogP contribution in [-0.2, 0) is 16.0 Å². The maximum Gasteiger partial charge on any atom is 0.154 e. The normalized spacial score (nSPS) is 23.8. The Hall–Kier alpha value is -1.46. The van der Waals surface area contributed by atoms with E-state index in [4.69, 9.17) is 10.5 Å². The number of ether oxygens (including phenoxy) is 1. The number of nitrogens with two attached hydrogens (primary N) is 1. The van der Waals surface area contributed by atoms with E-state index in [1.807, 2.05) is 6.07 Å². The van der Waals surface area contributed by atoms with Gasteiger partial charge in [-0.2, -0.15) is 0 Å². The van der Waals surface area contributed by atoms with E-state index in [0.29, 0.717) is 12.2 Å². The minimum Gasteiger partial charge on any atom is -0.384 e. The summed E-state index contributed by atoms with van der Waals surface area (Å²) in [4.78, 5) is 15.9. The Bertz CT molecular complexity index is 408. The van der Waals surface area contributed by atoms with Gasteiger partial charge in [0.15, 0.2) is 5.78 Å². The standard InChI is InChI=1S/C12H17N3O2/c1-17-9-6-10(15-7-9)11(16)4-8-2-3-14-12(13)5-8/h2-3,5,9-10,15H,4,6-7H2,1H3,(H2,13,14). The molecular formula is C12H17N3O2. The van der Waals surface area contributed by atoms with Crippen molar-refractivity contribution in [3.63, 3.8) is 0 Å². The number of nitrogens with one attached hydrogen (secondary N) is 1. The molecule has 1 aromatic heterocycles. The van der Waals surface area contributed by atoms with Gasteiger partial charge in [-0.1, -0.05) is 0 Å². The summed E-state index contributed by atoms with van der Waals surface area (Å²) in [5.41, 5.74) is 6.48. The first-order valence-corrected chi connectivity index (χ1v) is 5.68. The van der Waals surface area contributed by atoms with Gasteiger partial charge in [-0.3, -0.25) is 4.79 Å². The molecule has 3 N–H and O–H groups in total. The van der Waals surface area contributed by atoms with Crippen molar-refractivity contribution in [2.45, 2.75) is 25.0 Å². The van der Waals surface area contributed by atoms with E-state index in [2.05, 4.69) is 10.3 Å². The number of nitrogens with zero attached hydrogens (tertiary/aromatic N) is 1. The summed E-state index contributed by atoms with van der Waals surface area (Å²) in [6.45, 7) is 0.741. The number of hydrogen-bond donors (Lipinski definition) is 2. The molecule has 5 heteroatoms. The van der Waals surface area contributed by atoms with Crippen LogP contribution in [0.2, 0.25) is 0 Å². The number of carbonyl (C=O) groups is 1. The van der Waals surface area contributed by atoms with Gasteiger partial charge in [-0.15, -0.1) is 0 Å². The third-order valence-electron chi connectivity index (χ3n) is 3.04. The van der Waals surface area contributed by atoms with Crippen molar-refractivity contribution < 1.29 is 9.53 Å². The van der Waals surface area contributed by atoms with E-state index < -0.39 is 0 Å². The number of rotatable bonds is 4. The number of pyridine rings is 1. The fourth-order valence-electron chi connectivity index (χ4n) is 2.06. The Morgan fingerprint density at radius 2 is 2.53 bits per heavy atom. The molecule has 2 heterocycles. The summed E-state index contributed by atoms with van der Waals surface area (Å²) in [6, 6.07) is 3.45. The zero-order chi connectivity index (χ0) is 12.3. The third-order valence-corrected chi connectivity index (χ3v) is 3.04. The molecule has 1 saturated heterocycles. The van der Waals surface area contributed by atoms with Crippen LogP contribution in [0.25, 0.3) is 0 Å². The van der Waals surface area contributed by atoms with E-state index >= 15 is 0 Å². The zero-order valence-corrected chi connectivity index (χ0v) is 9.85. The van der Waals surface area contributed by atoms with Gasteiger partial charge < -0.3 is 15.8 Å². The maximum atomic E-state index is 12.0. The number of aromatic nitrogens is 1. The van der Waals surface area contributed by atoms with Crippen LogP contribution in [-0.4, -0.2) is 36.6 Å². The lowest BCUT2D eigenvalue weighted by Crippen LogP contribution is -2.31. The van der Waals surface area contributed by atoms with Crippen LogP contribution in [0.3, 0.4) is 0 Å². The highest BCUT2D eigenvalue weighted by Crippen LogP contribution is 2.13. The Kier molecular flexibility index (Phi) is 3.71. The fraction of sp³-hybridized carbons (Fsp3) is 0.500. The van der Waals surface area contributed by atoms with E-state index in [9.17, 15) is 4.79 Å². The molecule has 2 atom stereocenters. The predicted octanol–water partition coefficient (Wildman–Crippen LogP) is 0.152. The van der Waals surface area contributed by atoms with Crippen LogP contribution in [0.4, 0.5) is 5.82 Å². The van der Waals surface area contributed by atoms with Crippen molar-refractivity contribution in [3.05, 3.63) is 23.9 Å². The number of methoxy groups -OCH3 is 1. The van der Waals surface area contributed by atoms with Gasteiger partial charge in [-0.05, 0) is 24.1 Å². The van der Waals surface area contributed by atoms with Crippen LogP contribution in [0, 0.1) is 0 Å². The van der Waals surface area contributed by atoms with E-state index in [1.165, 1.54) is 0 Å². The second-order valence-electron chi connectivity index (χ2n) is 4.29. The van der Waals surface area contributed by atoms with Gasteiger partial charge in [0.25, 0.3) is 0 Å². The van der Waals surface area contributed by atoms with Crippen molar-refractivity contribution in [1.29, 1.82) is 0 Å². The molecule has 92 valence electrons. The van der Waals surface area contributed by atoms with Crippen LogP contribution in [0.1, 0.15) is 12.0 Å². The summed E-state index contributed by atoms with van der Waals surface area (Å²) in [7, 11) is 1.67. The quantitative estimate of drug-likeness (QED) is 0.777. The molecule has 0 spiro atoms. The first-order valence-electron chi connectivity index (χ1n) is 5.68. The minimum absolute atomic E-state index is 0.102.